The van der Waals surface area contributed by atoms with E-state index in [-0.39, 0.29) is 0 Å². The second-order valence-electron chi connectivity index (χ2n) is 6.06. The van der Waals surface area contributed by atoms with Crippen LogP contribution in [0.5, 0.6) is 0 Å². The molecule has 2 fully saturated rings. The molecule has 0 heterocycles. The molecule has 0 aromatic heterocycles. The van der Waals surface area contributed by atoms with Gasteiger partial charge in [-0.2, -0.15) is 0 Å². The maximum atomic E-state index is 3.68. The summed E-state index contributed by atoms with van der Waals surface area (Å²) in [6, 6.07) is 2.58. The lowest BCUT2D eigenvalue weighted by molar-refractivity contribution is 0.128. The molecule has 0 unspecified atom stereocenters. The number of nitrogens with zero attached hydrogens (tertiary/aromatic N) is 1. The Kier molecular flexibility index (Phi) is 5.30. The molecule has 2 rings (SSSR count). The van der Waals surface area contributed by atoms with Gasteiger partial charge in [-0.3, -0.25) is 0 Å². The van der Waals surface area contributed by atoms with Crippen LogP contribution >= 0.6 is 0 Å². The summed E-state index contributed by atoms with van der Waals surface area (Å²) in [6.45, 7) is 3.46. The molecule has 0 aromatic carbocycles. The van der Waals surface area contributed by atoms with Crippen LogP contribution in [0.1, 0.15) is 64.7 Å². The van der Waals surface area contributed by atoms with E-state index in [4.69, 9.17) is 0 Å². The zero-order valence-electron chi connectivity index (χ0n) is 11.8. The number of hydrogen-bond donors (Lipinski definition) is 1. The Balaban J connectivity index is 1.70. The fourth-order valence-corrected chi connectivity index (χ4v) is 3.65. The minimum absolute atomic E-state index is 0.808. The minimum Gasteiger partial charge on any atom is -0.314 e. The summed E-state index contributed by atoms with van der Waals surface area (Å²) in [6.07, 6.45) is 12.7. The van der Waals surface area contributed by atoms with Gasteiger partial charge in [-0.15, -0.1) is 0 Å². The lowest BCUT2D eigenvalue weighted by atomic mass is 9.89. The first kappa shape index (κ1) is 13.4. The monoisotopic (exact) mass is 238 g/mol. The minimum atomic E-state index is 0.808. The van der Waals surface area contributed by atoms with Crippen LogP contribution in [0.3, 0.4) is 0 Å². The van der Waals surface area contributed by atoms with Crippen molar-refractivity contribution in [2.75, 3.05) is 13.6 Å². The van der Waals surface area contributed by atoms with E-state index in [9.17, 15) is 0 Å². The first-order valence-electron chi connectivity index (χ1n) is 7.76. The Labute approximate surface area is 107 Å². The van der Waals surface area contributed by atoms with Crippen molar-refractivity contribution in [2.24, 2.45) is 0 Å². The SMILES string of the molecule is CCCNC1CCC(N(C)C2CCCC2)CC1. The lowest BCUT2D eigenvalue weighted by Gasteiger charge is -2.38. The third-order valence-corrected chi connectivity index (χ3v) is 4.86. The standard InChI is InChI=1S/C15H30N2/c1-3-12-16-13-8-10-15(11-9-13)17(2)14-6-4-5-7-14/h13-16H,3-12H2,1-2H3. The van der Waals surface area contributed by atoms with Crippen molar-refractivity contribution in [3.8, 4) is 0 Å². The van der Waals surface area contributed by atoms with Gasteiger partial charge >= 0.3 is 0 Å². The number of hydrogen-bond acceptors (Lipinski definition) is 2. The summed E-state index contributed by atoms with van der Waals surface area (Å²) >= 11 is 0. The Morgan fingerprint density at radius 2 is 1.53 bits per heavy atom. The fraction of sp³-hybridized carbons (Fsp3) is 1.00. The summed E-state index contributed by atoms with van der Waals surface area (Å²) in [7, 11) is 2.38. The molecule has 0 aliphatic heterocycles. The van der Waals surface area contributed by atoms with Crippen LogP contribution in [-0.4, -0.2) is 36.6 Å². The first-order chi connectivity index (χ1) is 8.31. The van der Waals surface area contributed by atoms with Crippen LogP contribution in [0.2, 0.25) is 0 Å². The molecule has 17 heavy (non-hydrogen) atoms. The smallest absolute Gasteiger partial charge is 0.00963 e. The van der Waals surface area contributed by atoms with E-state index in [1.807, 2.05) is 0 Å². The highest BCUT2D eigenvalue weighted by Crippen LogP contribution is 2.29. The van der Waals surface area contributed by atoms with Crippen molar-refractivity contribution in [2.45, 2.75) is 82.8 Å². The highest BCUT2D eigenvalue weighted by Gasteiger charge is 2.28. The molecule has 0 spiro atoms. The molecule has 0 radical (unpaired) electrons. The largest absolute Gasteiger partial charge is 0.314 e. The van der Waals surface area contributed by atoms with Crippen LogP contribution in [-0.2, 0) is 0 Å². The van der Waals surface area contributed by atoms with E-state index in [1.54, 1.807) is 0 Å². The third-order valence-electron chi connectivity index (χ3n) is 4.86. The quantitative estimate of drug-likeness (QED) is 0.791. The van der Waals surface area contributed by atoms with Gasteiger partial charge in [-0.1, -0.05) is 19.8 Å². The maximum absolute atomic E-state index is 3.68. The molecule has 0 aromatic rings. The van der Waals surface area contributed by atoms with Gasteiger partial charge in [-0.05, 0) is 58.5 Å². The molecule has 2 aliphatic carbocycles. The molecule has 0 saturated heterocycles. The zero-order chi connectivity index (χ0) is 12.1. The van der Waals surface area contributed by atoms with E-state index in [1.165, 1.54) is 64.3 Å². The molecular weight excluding hydrogens is 208 g/mol. The topological polar surface area (TPSA) is 15.3 Å². The molecule has 100 valence electrons. The van der Waals surface area contributed by atoms with E-state index >= 15 is 0 Å². The third kappa shape index (κ3) is 3.69. The van der Waals surface area contributed by atoms with Crippen LogP contribution in [0.15, 0.2) is 0 Å². The van der Waals surface area contributed by atoms with Crippen molar-refractivity contribution in [3.63, 3.8) is 0 Å². The second-order valence-corrected chi connectivity index (χ2v) is 6.06. The van der Waals surface area contributed by atoms with E-state index < -0.39 is 0 Å². The maximum Gasteiger partial charge on any atom is 0.00963 e. The van der Waals surface area contributed by atoms with Gasteiger partial charge in [0.2, 0.25) is 0 Å². The Morgan fingerprint density at radius 3 is 2.12 bits per heavy atom. The normalized spacial score (nSPS) is 31.2. The molecule has 0 bridgehead atoms. The number of rotatable bonds is 5. The van der Waals surface area contributed by atoms with Crippen molar-refractivity contribution in [1.82, 2.24) is 10.2 Å². The first-order valence-corrected chi connectivity index (χ1v) is 7.76. The van der Waals surface area contributed by atoms with Crippen LogP contribution in [0, 0.1) is 0 Å². The van der Waals surface area contributed by atoms with Crippen molar-refractivity contribution in [1.29, 1.82) is 0 Å². The summed E-state index contributed by atoms with van der Waals surface area (Å²) in [5.41, 5.74) is 0. The van der Waals surface area contributed by atoms with E-state index in [0.717, 1.165) is 18.1 Å². The van der Waals surface area contributed by atoms with Gasteiger partial charge in [-0.25, -0.2) is 0 Å². The lowest BCUT2D eigenvalue weighted by Crippen LogP contribution is -2.44. The Morgan fingerprint density at radius 1 is 0.941 bits per heavy atom. The fourth-order valence-electron chi connectivity index (χ4n) is 3.65. The molecule has 0 amide bonds. The molecule has 2 heteroatoms. The van der Waals surface area contributed by atoms with Gasteiger partial charge in [0.1, 0.15) is 0 Å². The van der Waals surface area contributed by atoms with Crippen LogP contribution in [0.4, 0.5) is 0 Å². The summed E-state index contributed by atoms with van der Waals surface area (Å²) in [4.78, 5) is 2.71. The molecule has 2 aliphatic rings. The van der Waals surface area contributed by atoms with Gasteiger partial charge in [0, 0.05) is 18.1 Å². The average Bonchev–Trinajstić information content (AvgIpc) is 2.90. The van der Waals surface area contributed by atoms with E-state index in [2.05, 4.69) is 24.2 Å². The van der Waals surface area contributed by atoms with Crippen molar-refractivity contribution >= 4 is 0 Å². The van der Waals surface area contributed by atoms with Gasteiger partial charge in [0.15, 0.2) is 0 Å². The highest BCUT2D eigenvalue weighted by molar-refractivity contribution is 4.86. The predicted molar refractivity (Wildman–Crippen MR) is 74.4 cm³/mol. The van der Waals surface area contributed by atoms with Crippen LogP contribution in [0.25, 0.3) is 0 Å². The molecule has 2 nitrogen and oxygen atoms in total. The van der Waals surface area contributed by atoms with Gasteiger partial charge < -0.3 is 10.2 Å². The second kappa shape index (κ2) is 6.75. The van der Waals surface area contributed by atoms with E-state index in [0.29, 0.717) is 0 Å². The molecule has 0 atom stereocenters. The molecule has 1 N–H and O–H groups in total. The predicted octanol–water partition coefficient (Wildman–Crippen LogP) is 3.17. The van der Waals surface area contributed by atoms with Gasteiger partial charge in [0.05, 0.1) is 0 Å². The van der Waals surface area contributed by atoms with Gasteiger partial charge in [0.25, 0.3) is 0 Å². The molecule has 2 saturated carbocycles. The Bertz CT molecular complexity index is 203. The van der Waals surface area contributed by atoms with Crippen LogP contribution < -0.4 is 5.32 Å². The summed E-state index contributed by atoms with van der Waals surface area (Å²) in [5.74, 6) is 0. The summed E-state index contributed by atoms with van der Waals surface area (Å²) < 4.78 is 0. The average molecular weight is 238 g/mol. The van der Waals surface area contributed by atoms with Crippen molar-refractivity contribution < 1.29 is 0 Å². The molecular formula is C15H30N2. The zero-order valence-corrected chi connectivity index (χ0v) is 11.8. The highest BCUT2D eigenvalue weighted by atomic mass is 15.2. The summed E-state index contributed by atoms with van der Waals surface area (Å²) in [5, 5.41) is 3.68. The number of nitrogens with one attached hydrogen (secondary N) is 1. The van der Waals surface area contributed by atoms with Crippen molar-refractivity contribution in [3.05, 3.63) is 0 Å². The Hall–Kier alpha value is -0.0800.